The molecule has 1 nitrogen and oxygen atoms in total. The van der Waals surface area contributed by atoms with Crippen LogP contribution in [0.25, 0.3) is 0 Å². The molecule has 0 aliphatic carbocycles. The lowest BCUT2D eigenvalue weighted by Crippen LogP contribution is -1.87. The number of benzene rings is 1. The Balaban J connectivity index is 3.21. The first-order chi connectivity index (χ1) is 5.15. The van der Waals surface area contributed by atoms with Crippen molar-refractivity contribution in [3.63, 3.8) is 0 Å². The highest BCUT2D eigenvalue weighted by Crippen LogP contribution is 2.27. The molecular formula is C9H11BrO. The minimum atomic E-state index is 0.896. The summed E-state index contributed by atoms with van der Waals surface area (Å²) in [5, 5.41) is 0. The molecule has 1 rings (SSSR count). The summed E-state index contributed by atoms with van der Waals surface area (Å²) in [6, 6.07) is 4.09. The van der Waals surface area contributed by atoms with E-state index in [1.165, 1.54) is 11.1 Å². The van der Waals surface area contributed by atoms with Gasteiger partial charge in [-0.25, -0.2) is 0 Å². The van der Waals surface area contributed by atoms with Crippen molar-refractivity contribution in [1.82, 2.24) is 0 Å². The highest BCUT2D eigenvalue weighted by molar-refractivity contribution is 9.10. The molecule has 0 amide bonds. The molecule has 0 aromatic heterocycles. The second-order valence-corrected chi connectivity index (χ2v) is 3.43. The monoisotopic (exact) mass is 214 g/mol. The largest absolute Gasteiger partial charge is 0.496 e. The van der Waals surface area contributed by atoms with Crippen molar-refractivity contribution in [2.24, 2.45) is 0 Å². The summed E-state index contributed by atoms with van der Waals surface area (Å²) in [5.41, 5.74) is 2.53. The van der Waals surface area contributed by atoms with Crippen LogP contribution in [0.1, 0.15) is 11.1 Å². The van der Waals surface area contributed by atoms with Crippen LogP contribution in [0.5, 0.6) is 5.75 Å². The quantitative estimate of drug-likeness (QED) is 0.699. The van der Waals surface area contributed by atoms with Crippen LogP contribution in [0.15, 0.2) is 16.6 Å². The Morgan fingerprint density at radius 2 is 1.73 bits per heavy atom. The smallest absolute Gasteiger partial charge is 0.133 e. The van der Waals surface area contributed by atoms with E-state index in [1.807, 2.05) is 6.07 Å². The summed E-state index contributed by atoms with van der Waals surface area (Å²) >= 11 is 3.42. The highest BCUT2D eigenvalue weighted by Gasteiger charge is 2.01. The van der Waals surface area contributed by atoms with Gasteiger partial charge in [0.2, 0.25) is 0 Å². The van der Waals surface area contributed by atoms with Crippen molar-refractivity contribution in [2.75, 3.05) is 7.11 Å². The van der Waals surface area contributed by atoms with E-state index in [9.17, 15) is 0 Å². The van der Waals surface area contributed by atoms with Crippen LogP contribution < -0.4 is 4.74 Å². The van der Waals surface area contributed by atoms with E-state index in [0.29, 0.717) is 0 Å². The van der Waals surface area contributed by atoms with Crippen LogP contribution in [-0.4, -0.2) is 7.11 Å². The molecule has 60 valence electrons. The predicted octanol–water partition coefficient (Wildman–Crippen LogP) is 3.07. The zero-order chi connectivity index (χ0) is 8.43. The molecule has 1 aromatic rings. The Labute approximate surface area is 75.5 Å². The molecule has 0 aliphatic heterocycles. The van der Waals surface area contributed by atoms with Crippen molar-refractivity contribution < 1.29 is 4.74 Å². The molecule has 0 N–H and O–H groups in total. The van der Waals surface area contributed by atoms with Crippen molar-refractivity contribution in [3.05, 3.63) is 27.7 Å². The second-order valence-electron chi connectivity index (χ2n) is 2.57. The summed E-state index contributed by atoms with van der Waals surface area (Å²) in [6.07, 6.45) is 0. The average molecular weight is 215 g/mol. The van der Waals surface area contributed by atoms with Crippen molar-refractivity contribution in [3.8, 4) is 5.75 Å². The van der Waals surface area contributed by atoms with Crippen LogP contribution in [0.4, 0.5) is 0 Å². The van der Waals surface area contributed by atoms with E-state index in [0.717, 1.165) is 10.2 Å². The summed E-state index contributed by atoms with van der Waals surface area (Å²) in [4.78, 5) is 0. The summed E-state index contributed by atoms with van der Waals surface area (Å²) in [7, 11) is 1.68. The number of aryl methyl sites for hydroxylation is 2. The van der Waals surface area contributed by atoms with E-state index in [-0.39, 0.29) is 0 Å². The van der Waals surface area contributed by atoms with Gasteiger partial charge in [-0.2, -0.15) is 0 Å². The Hall–Kier alpha value is -0.500. The molecule has 0 saturated carbocycles. The highest BCUT2D eigenvalue weighted by atomic mass is 79.9. The summed E-state index contributed by atoms with van der Waals surface area (Å²) in [5.74, 6) is 0.896. The molecule has 0 unspecified atom stereocenters. The molecule has 0 radical (unpaired) electrons. The number of ether oxygens (including phenoxy) is 1. The third-order valence-electron chi connectivity index (χ3n) is 1.77. The molecule has 0 aliphatic rings. The molecule has 0 heterocycles. The molecule has 0 atom stereocenters. The fraction of sp³-hybridized carbons (Fsp3) is 0.333. The first kappa shape index (κ1) is 8.60. The zero-order valence-electron chi connectivity index (χ0n) is 6.94. The molecule has 1 aromatic carbocycles. The van der Waals surface area contributed by atoms with Gasteiger partial charge in [0, 0.05) is 0 Å². The van der Waals surface area contributed by atoms with Crippen molar-refractivity contribution >= 4 is 15.9 Å². The average Bonchev–Trinajstić information content (AvgIpc) is 1.97. The van der Waals surface area contributed by atoms with Gasteiger partial charge in [0.05, 0.1) is 11.6 Å². The SMILES string of the molecule is COc1cc(C)c(C)cc1Br. The number of methoxy groups -OCH3 is 1. The van der Waals surface area contributed by atoms with Crippen LogP contribution in [-0.2, 0) is 0 Å². The number of halogens is 1. The molecule has 11 heavy (non-hydrogen) atoms. The number of rotatable bonds is 1. The van der Waals surface area contributed by atoms with Crippen LogP contribution in [0, 0.1) is 13.8 Å². The standard InChI is InChI=1S/C9H11BrO/c1-6-4-8(10)9(11-3)5-7(6)2/h4-5H,1-3H3. The molecular weight excluding hydrogens is 204 g/mol. The molecule has 0 bridgehead atoms. The van der Waals surface area contributed by atoms with Gasteiger partial charge in [-0.05, 0) is 53.0 Å². The Morgan fingerprint density at radius 3 is 2.27 bits per heavy atom. The third-order valence-corrected chi connectivity index (χ3v) is 2.39. The number of hydrogen-bond acceptors (Lipinski definition) is 1. The fourth-order valence-corrected chi connectivity index (χ4v) is 1.53. The summed E-state index contributed by atoms with van der Waals surface area (Å²) in [6.45, 7) is 4.16. The zero-order valence-corrected chi connectivity index (χ0v) is 8.53. The van der Waals surface area contributed by atoms with E-state index in [1.54, 1.807) is 7.11 Å². The van der Waals surface area contributed by atoms with Gasteiger partial charge in [0.1, 0.15) is 5.75 Å². The molecule has 0 spiro atoms. The van der Waals surface area contributed by atoms with Crippen LogP contribution >= 0.6 is 15.9 Å². The fourth-order valence-electron chi connectivity index (χ4n) is 0.911. The Bertz CT molecular complexity index is 269. The molecule has 2 heteroatoms. The van der Waals surface area contributed by atoms with Gasteiger partial charge in [0.25, 0.3) is 0 Å². The van der Waals surface area contributed by atoms with Gasteiger partial charge in [-0.3, -0.25) is 0 Å². The van der Waals surface area contributed by atoms with Gasteiger partial charge in [-0.1, -0.05) is 0 Å². The maximum atomic E-state index is 5.13. The number of hydrogen-bond donors (Lipinski definition) is 0. The lowest BCUT2D eigenvalue weighted by atomic mass is 10.1. The maximum absolute atomic E-state index is 5.13. The van der Waals surface area contributed by atoms with E-state index >= 15 is 0 Å². The Morgan fingerprint density at radius 1 is 1.18 bits per heavy atom. The van der Waals surface area contributed by atoms with Crippen LogP contribution in [0.2, 0.25) is 0 Å². The van der Waals surface area contributed by atoms with Gasteiger partial charge < -0.3 is 4.74 Å². The van der Waals surface area contributed by atoms with Crippen molar-refractivity contribution in [2.45, 2.75) is 13.8 Å². The minimum Gasteiger partial charge on any atom is -0.496 e. The van der Waals surface area contributed by atoms with Crippen LogP contribution in [0.3, 0.4) is 0 Å². The normalized spacial score (nSPS) is 9.82. The topological polar surface area (TPSA) is 9.23 Å². The maximum Gasteiger partial charge on any atom is 0.133 e. The lowest BCUT2D eigenvalue weighted by Gasteiger charge is -2.06. The third kappa shape index (κ3) is 1.74. The van der Waals surface area contributed by atoms with E-state index in [4.69, 9.17) is 4.74 Å². The van der Waals surface area contributed by atoms with Gasteiger partial charge in [0.15, 0.2) is 0 Å². The first-order valence-electron chi connectivity index (χ1n) is 3.46. The van der Waals surface area contributed by atoms with E-state index < -0.39 is 0 Å². The lowest BCUT2D eigenvalue weighted by molar-refractivity contribution is 0.411. The van der Waals surface area contributed by atoms with Gasteiger partial charge in [-0.15, -0.1) is 0 Å². The van der Waals surface area contributed by atoms with Gasteiger partial charge >= 0.3 is 0 Å². The summed E-state index contributed by atoms with van der Waals surface area (Å²) < 4.78 is 6.15. The predicted molar refractivity (Wildman–Crippen MR) is 50.2 cm³/mol. The Kier molecular flexibility index (Phi) is 2.55. The second kappa shape index (κ2) is 3.26. The molecule has 0 fully saturated rings. The minimum absolute atomic E-state index is 0.896. The van der Waals surface area contributed by atoms with E-state index in [2.05, 4.69) is 35.8 Å². The molecule has 0 saturated heterocycles. The van der Waals surface area contributed by atoms with Crippen molar-refractivity contribution in [1.29, 1.82) is 0 Å². The first-order valence-corrected chi connectivity index (χ1v) is 4.25.